The van der Waals surface area contributed by atoms with E-state index in [1.807, 2.05) is 79.9 Å². The molecule has 0 aliphatic carbocycles. The topological polar surface area (TPSA) is 79.9 Å². The molecule has 0 radical (unpaired) electrons. The average molecular weight is 600 g/mol. The molecule has 0 aliphatic rings. The number of rotatable bonds is 6. The molecular weight excluding hydrogens is 572 g/mol. The van der Waals surface area contributed by atoms with Crippen molar-refractivity contribution in [2.24, 2.45) is 5.41 Å². The number of ketones is 1. The van der Waals surface area contributed by atoms with E-state index in [0.717, 1.165) is 16.6 Å². The summed E-state index contributed by atoms with van der Waals surface area (Å²) < 4.78 is 4.29. The van der Waals surface area contributed by atoms with Crippen LogP contribution in [0.1, 0.15) is 36.7 Å². The average Bonchev–Trinajstić information content (AvgIpc) is 3.06. The second-order valence-corrected chi connectivity index (χ2v) is 10.1. The minimum Gasteiger partial charge on any atom is -0.325 e. The van der Waals surface area contributed by atoms with Crippen LogP contribution in [0.4, 0.5) is 5.69 Å². The molecule has 0 atom stereocenters. The monoisotopic (exact) mass is 598 g/mol. The zero-order valence-corrected chi connectivity index (χ0v) is 23.1. The molecule has 4 aromatic rings. The van der Waals surface area contributed by atoms with Gasteiger partial charge in [-0.15, -0.1) is 17.0 Å². The quantitative estimate of drug-likeness (QED) is 0.260. The minimum absolute atomic E-state index is 0. The van der Waals surface area contributed by atoms with Crippen LogP contribution in [-0.4, -0.2) is 20.8 Å². The molecule has 1 heterocycles. The van der Waals surface area contributed by atoms with Gasteiger partial charge in [0.1, 0.15) is 0 Å². The number of carbonyl (C=O) groups is 2. The zero-order chi connectivity index (χ0) is 24.5. The number of aromatic nitrogens is 2. The standard InChI is InChI=1S/C27H27BrN4O2.BrH/c1-27(2,3)25(34)30-21-14-13-19(15-20(21)28)24(33)17-32-23-12-8-7-11-22(23)31(26(32)29)16-18-9-5-4-6-10-18;/h4-15,29H,16-17H2,1-3H3,(H,30,34);1H. The first-order valence-electron chi connectivity index (χ1n) is 11.1. The Bertz CT molecular complexity index is 1430. The third-order valence-corrected chi connectivity index (χ3v) is 6.34. The van der Waals surface area contributed by atoms with Crippen LogP contribution in [0.15, 0.2) is 77.3 Å². The SMILES string of the molecule is Br.CC(C)(C)C(=O)Nc1ccc(C(=O)Cn2c(=N)n(Cc3ccccc3)c3ccccc32)cc1Br. The molecule has 3 aromatic carbocycles. The fraction of sp³-hybridized carbons (Fsp3) is 0.222. The molecule has 0 saturated heterocycles. The second-order valence-electron chi connectivity index (χ2n) is 9.29. The summed E-state index contributed by atoms with van der Waals surface area (Å²) >= 11 is 3.48. The summed E-state index contributed by atoms with van der Waals surface area (Å²) in [5.41, 5.74) is 3.70. The molecule has 2 N–H and O–H groups in total. The first-order valence-corrected chi connectivity index (χ1v) is 11.9. The van der Waals surface area contributed by atoms with E-state index < -0.39 is 5.41 Å². The molecule has 8 heteroatoms. The van der Waals surface area contributed by atoms with E-state index in [1.165, 1.54) is 0 Å². The van der Waals surface area contributed by atoms with E-state index in [-0.39, 0.29) is 40.8 Å². The number of fused-ring (bicyclic) bond motifs is 1. The number of Topliss-reactive ketones (excluding diaryl/α,β-unsaturated/α-hetero) is 1. The Labute approximate surface area is 223 Å². The largest absolute Gasteiger partial charge is 0.325 e. The number of halogens is 2. The summed E-state index contributed by atoms with van der Waals surface area (Å²) in [6.45, 7) is 6.13. The molecule has 0 bridgehead atoms. The highest BCUT2D eigenvalue weighted by molar-refractivity contribution is 9.10. The van der Waals surface area contributed by atoms with Crippen molar-refractivity contribution < 1.29 is 9.59 Å². The highest BCUT2D eigenvalue weighted by atomic mass is 79.9. The van der Waals surface area contributed by atoms with Gasteiger partial charge in [-0.1, -0.05) is 63.2 Å². The van der Waals surface area contributed by atoms with E-state index in [0.29, 0.717) is 22.3 Å². The molecule has 1 amide bonds. The van der Waals surface area contributed by atoms with E-state index >= 15 is 0 Å². The predicted octanol–water partition coefficient (Wildman–Crippen LogP) is 6.18. The van der Waals surface area contributed by atoms with E-state index in [9.17, 15) is 9.59 Å². The van der Waals surface area contributed by atoms with Crippen LogP contribution in [0.5, 0.6) is 0 Å². The van der Waals surface area contributed by atoms with E-state index in [1.54, 1.807) is 22.8 Å². The number of para-hydroxylation sites is 2. The van der Waals surface area contributed by atoms with Gasteiger partial charge in [-0.25, -0.2) is 0 Å². The molecule has 1 aromatic heterocycles. The third-order valence-electron chi connectivity index (χ3n) is 5.68. The van der Waals surface area contributed by atoms with Gasteiger partial charge in [0.05, 0.1) is 29.8 Å². The van der Waals surface area contributed by atoms with Gasteiger partial charge in [0, 0.05) is 15.5 Å². The summed E-state index contributed by atoms with van der Waals surface area (Å²) in [6.07, 6.45) is 0. The lowest BCUT2D eigenvalue weighted by atomic mass is 9.95. The van der Waals surface area contributed by atoms with Crippen LogP contribution in [0.25, 0.3) is 11.0 Å². The van der Waals surface area contributed by atoms with Gasteiger partial charge >= 0.3 is 0 Å². The Morgan fingerprint density at radius 3 is 2.11 bits per heavy atom. The molecule has 0 fully saturated rings. The van der Waals surface area contributed by atoms with Crippen molar-refractivity contribution in [1.82, 2.24) is 9.13 Å². The highest BCUT2D eigenvalue weighted by Gasteiger charge is 2.22. The fourth-order valence-electron chi connectivity index (χ4n) is 3.72. The van der Waals surface area contributed by atoms with Crippen molar-refractivity contribution in [2.75, 3.05) is 5.32 Å². The minimum atomic E-state index is -0.525. The van der Waals surface area contributed by atoms with E-state index in [4.69, 9.17) is 5.41 Å². The molecule has 0 aliphatic heterocycles. The van der Waals surface area contributed by atoms with Crippen LogP contribution in [0.2, 0.25) is 0 Å². The van der Waals surface area contributed by atoms with Crippen LogP contribution < -0.4 is 10.9 Å². The van der Waals surface area contributed by atoms with Crippen molar-refractivity contribution in [2.45, 2.75) is 33.9 Å². The summed E-state index contributed by atoms with van der Waals surface area (Å²) in [5.74, 6) is -0.219. The Morgan fingerprint density at radius 2 is 1.51 bits per heavy atom. The molecule has 6 nitrogen and oxygen atoms in total. The maximum absolute atomic E-state index is 13.2. The number of nitrogens with zero attached hydrogens (tertiary/aromatic N) is 2. The Kier molecular flexibility index (Phi) is 8.18. The maximum Gasteiger partial charge on any atom is 0.229 e. The molecular formula is C27H28Br2N4O2. The zero-order valence-electron chi connectivity index (χ0n) is 19.8. The van der Waals surface area contributed by atoms with E-state index in [2.05, 4.69) is 21.2 Å². The maximum atomic E-state index is 13.2. The van der Waals surface area contributed by atoms with Crippen molar-refractivity contribution in [3.63, 3.8) is 0 Å². The van der Waals surface area contributed by atoms with Gasteiger partial charge in [0.2, 0.25) is 11.5 Å². The van der Waals surface area contributed by atoms with Crippen molar-refractivity contribution in [3.05, 3.63) is 94.0 Å². The first kappa shape index (κ1) is 26.6. The highest BCUT2D eigenvalue weighted by Crippen LogP contribution is 2.26. The van der Waals surface area contributed by atoms with Crippen molar-refractivity contribution in [3.8, 4) is 0 Å². The van der Waals surface area contributed by atoms with Gasteiger partial charge in [-0.2, -0.15) is 0 Å². The third kappa shape index (κ3) is 5.82. The van der Waals surface area contributed by atoms with Crippen LogP contribution in [0, 0.1) is 10.8 Å². The van der Waals surface area contributed by atoms with Gasteiger partial charge in [0.25, 0.3) is 0 Å². The molecule has 0 unspecified atom stereocenters. The normalized spacial score (nSPS) is 11.2. The van der Waals surface area contributed by atoms with Crippen molar-refractivity contribution >= 4 is 61.3 Å². The lowest BCUT2D eigenvalue weighted by Gasteiger charge is -2.18. The number of benzene rings is 3. The number of carbonyl (C=O) groups excluding carboxylic acids is 2. The smallest absolute Gasteiger partial charge is 0.229 e. The fourth-order valence-corrected chi connectivity index (χ4v) is 4.19. The second kappa shape index (κ2) is 10.7. The first-order chi connectivity index (χ1) is 16.1. The van der Waals surface area contributed by atoms with Crippen molar-refractivity contribution in [1.29, 1.82) is 5.41 Å². The van der Waals surface area contributed by atoms with Gasteiger partial charge in [0.15, 0.2) is 5.78 Å². The van der Waals surface area contributed by atoms with Gasteiger partial charge < -0.3 is 14.5 Å². The lowest BCUT2D eigenvalue weighted by molar-refractivity contribution is -0.123. The Morgan fingerprint density at radius 1 is 0.914 bits per heavy atom. The number of imidazole rings is 1. The summed E-state index contributed by atoms with van der Waals surface area (Å²) in [6, 6.07) is 22.9. The van der Waals surface area contributed by atoms with Crippen LogP contribution >= 0.6 is 32.9 Å². The lowest BCUT2D eigenvalue weighted by Crippen LogP contribution is -2.28. The Balaban J connectivity index is 0.00000342. The van der Waals surface area contributed by atoms with Gasteiger partial charge in [-0.3, -0.25) is 15.0 Å². The summed E-state index contributed by atoms with van der Waals surface area (Å²) in [7, 11) is 0. The number of nitrogens with one attached hydrogen (secondary N) is 2. The summed E-state index contributed by atoms with van der Waals surface area (Å²) in [4.78, 5) is 25.5. The van der Waals surface area contributed by atoms with Crippen LogP contribution in [0.3, 0.4) is 0 Å². The molecule has 0 spiro atoms. The number of hydrogen-bond acceptors (Lipinski definition) is 3. The summed E-state index contributed by atoms with van der Waals surface area (Å²) in [5, 5.41) is 11.7. The Hall–Kier alpha value is -2.97. The molecule has 35 heavy (non-hydrogen) atoms. The van der Waals surface area contributed by atoms with Crippen LogP contribution in [-0.2, 0) is 17.9 Å². The van der Waals surface area contributed by atoms with Gasteiger partial charge in [-0.05, 0) is 51.8 Å². The number of hydrogen-bond donors (Lipinski definition) is 2. The molecule has 4 rings (SSSR count). The molecule has 0 saturated carbocycles. The predicted molar refractivity (Wildman–Crippen MR) is 148 cm³/mol. The number of amides is 1. The molecule has 182 valence electrons. The number of anilines is 1.